The van der Waals surface area contributed by atoms with Crippen molar-refractivity contribution in [3.63, 3.8) is 0 Å². The van der Waals surface area contributed by atoms with Gasteiger partial charge in [-0.15, -0.1) is 0 Å². The molecule has 0 spiro atoms. The first-order chi connectivity index (χ1) is 8.29. The maximum absolute atomic E-state index is 11.5. The number of rotatable bonds is 5. The van der Waals surface area contributed by atoms with Crippen molar-refractivity contribution < 1.29 is 4.79 Å². The van der Waals surface area contributed by atoms with E-state index < -0.39 is 0 Å². The molecule has 2 rings (SSSR count). The van der Waals surface area contributed by atoms with Gasteiger partial charge in [0.05, 0.1) is 0 Å². The lowest BCUT2D eigenvalue weighted by Gasteiger charge is -2.26. The summed E-state index contributed by atoms with van der Waals surface area (Å²) in [6, 6.07) is 1.93. The van der Waals surface area contributed by atoms with Crippen LogP contribution in [0.1, 0.15) is 43.0 Å². The van der Waals surface area contributed by atoms with E-state index in [1.165, 1.54) is 32.4 Å². The molecule has 2 heterocycles. The van der Waals surface area contributed by atoms with E-state index in [2.05, 4.69) is 9.47 Å². The molecule has 0 atom stereocenters. The summed E-state index contributed by atoms with van der Waals surface area (Å²) in [6.07, 6.45) is 8.66. The molecule has 1 aromatic rings. The minimum Gasteiger partial charge on any atom is -0.352 e. The molecule has 1 fully saturated rings. The molecule has 1 saturated heterocycles. The third-order valence-corrected chi connectivity index (χ3v) is 3.52. The van der Waals surface area contributed by atoms with Crippen molar-refractivity contribution in [2.45, 2.75) is 39.2 Å². The summed E-state index contributed by atoms with van der Waals surface area (Å²) in [5.41, 5.74) is 0.853. The summed E-state index contributed by atoms with van der Waals surface area (Å²) in [7, 11) is 0. The molecule has 1 aromatic heterocycles. The zero-order valence-corrected chi connectivity index (χ0v) is 10.7. The van der Waals surface area contributed by atoms with Crippen molar-refractivity contribution in [3.05, 3.63) is 24.0 Å². The van der Waals surface area contributed by atoms with E-state index in [9.17, 15) is 4.79 Å². The van der Waals surface area contributed by atoms with Crippen molar-refractivity contribution in [2.24, 2.45) is 0 Å². The minimum atomic E-state index is 0.238. The average Bonchev–Trinajstić information content (AvgIpc) is 2.85. The van der Waals surface area contributed by atoms with Crippen LogP contribution in [0.15, 0.2) is 18.5 Å². The van der Waals surface area contributed by atoms with Gasteiger partial charge in [-0.05, 0) is 32.0 Å². The molecule has 17 heavy (non-hydrogen) atoms. The van der Waals surface area contributed by atoms with E-state index in [1.807, 2.05) is 25.4 Å². The van der Waals surface area contributed by atoms with Crippen molar-refractivity contribution >= 4 is 5.78 Å². The number of carbonyl (C=O) groups excluding carboxylic acids is 1. The van der Waals surface area contributed by atoms with Crippen LogP contribution in [0.25, 0.3) is 0 Å². The number of piperidine rings is 1. The van der Waals surface area contributed by atoms with Gasteiger partial charge < -0.3 is 9.47 Å². The predicted molar refractivity (Wildman–Crippen MR) is 69.3 cm³/mol. The monoisotopic (exact) mass is 234 g/mol. The zero-order valence-electron chi connectivity index (χ0n) is 10.7. The summed E-state index contributed by atoms with van der Waals surface area (Å²) in [5.74, 6) is 0.238. The fraction of sp³-hybridized carbons (Fsp3) is 0.643. The molecule has 1 aliphatic rings. The molecule has 3 heteroatoms. The third-order valence-electron chi connectivity index (χ3n) is 3.52. The van der Waals surface area contributed by atoms with E-state index >= 15 is 0 Å². The van der Waals surface area contributed by atoms with Gasteiger partial charge in [-0.3, -0.25) is 4.79 Å². The molecular weight excluding hydrogens is 212 g/mol. The second-order valence-corrected chi connectivity index (χ2v) is 4.82. The Labute approximate surface area is 103 Å². The number of carbonyl (C=O) groups is 1. The Morgan fingerprint density at radius 2 is 2.00 bits per heavy atom. The highest BCUT2D eigenvalue weighted by molar-refractivity contribution is 5.95. The number of aromatic nitrogens is 1. The van der Waals surface area contributed by atoms with Crippen LogP contribution < -0.4 is 0 Å². The lowest BCUT2D eigenvalue weighted by Crippen LogP contribution is -2.32. The SMILES string of the molecule is CCC(=O)c1ccn(CCN2CCCCC2)c1. The van der Waals surface area contributed by atoms with E-state index in [4.69, 9.17) is 0 Å². The molecule has 1 aliphatic heterocycles. The lowest BCUT2D eigenvalue weighted by molar-refractivity contribution is 0.0988. The van der Waals surface area contributed by atoms with Crippen molar-refractivity contribution in [1.29, 1.82) is 0 Å². The number of Topliss-reactive ketones (excluding diaryl/α,β-unsaturated/α-hetero) is 1. The minimum absolute atomic E-state index is 0.238. The fourth-order valence-corrected chi connectivity index (χ4v) is 2.39. The molecule has 0 N–H and O–H groups in total. The Morgan fingerprint density at radius 1 is 1.24 bits per heavy atom. The van der Waals surface area contributed by atoms with Crippen LogP contribution in [0.3, 0.4) is 0 Å². The summed E-state index contributed by atoms with van der Waals surface area (Å²) < 4.78 is 2.14. The molecule has 0 aromatic carbocycles. The fourth-order valence-electron chi connectivity index (χ4n) is 2.39. The Morgan fingerprint density at radius 3 is 2.71 bits per heavy atom. The molecule has 0 saturated carbocycles. The summed E-state index contributed by atoms with van der Waals surface area (Å²) in [5, 5.41) is 0. The maximum Gasteiger partial charge on any atom is 0.164 e. The van der Waals surface area contributed by atoms with Crippen LogP contribution in [0.5, 0.6) is 0 Å². The highest BCUT2D eigenvalue weighted by atomic mass is 16.1. The number of nitrogens with zero attached hydrogens (tertiary/aromatic N) is 2. The van der Waals surface area contributed by atoms with Crippen molar-refractivity contribution in [1.82, 2.24) is 9.47 Å². The van der Waals surface area contributed by atoms with Gasteiger partial charge >= 0.3 is 0 Å². The largest absolute Gasteiger partial charge is 0.352 e. The zero-order chi connectivity index (χ0) is 12.1. The number of ketones is 1. The van der Waals surface area contributed by atoms with Crippen LogP contribution in [-0.4, -0.2) is 34.9 Å². The lowest BCUT2D eigenvalue weighted by atomic mass is 10.1. The third kappa shape index (κ3) is 3.43. The Kier molecular flexibility index (Phi) is 4.37. The topological polar surface area (TPSA) is 25.2 Å². The van der Waals surface area contributed by atoms with Crippen LogP contribution in [0.2, 0.25) is 0 Å². The molecule has 0 radical (unpaired) electrons. The maximum atomic E-state index is 11.5. The number of hydrogen-bond acceptors (Lipinski definition) is 2. The summed E-state index contributed by atoms with van der Waals surface area (Å²) >= 11 is 0. The standard InChI is InChI=1S/C14H22N2O/c1-2-14(17)13-6-9-16(12-13)11-10-15-7-4-3-5-8-15/h6,9,12H,2-5,7-8,10-11H2,1H3. The van der Waals surface area contributed by atoms with Gasteiger partial charge in [0.1, 0.15) is 0 Å². The molecule has 0 aliphatic carbocycles. The van der Waals surface area contributed by atoms with Gasteiger partial charge in [0.2, 0.25) is 0 Å². The van der Waals surface area contributed by atoms with E-state index in [0.717, 1.165) is 18.7 Å². The smallest absolute Gasteiger partial charge is 0.164 e. The highest BCUT2D eigenvalue weighted by Crippen LogP contribution is 2.09. The van der Waals surface area contributed by atoms with Crippen molar-refractivity contribution in [2.75, 3.05) is 19.6 Å². The normalized spacial score (nSPS) is 17.2. The predicted octanol–water partition coefficient (Wildman–Crippen LogP) is 2.57. The number of hydrogen-bond donors (Lipinski definition) is 0. The van der Waals surface area contributed by atoms with Gasteiger partial charge in [0.25, 0.3) is 0 Å². The first-order valence-electron chi connectivity index (χ1n) is 6.71. The first kappa shape index (κ1) is 12.4. The first-order valence-corrected chi connectivity index (χ1v) is 6.71. The Bertz CT molecular complexity index is 364. The molecule has 3 nitrogen and oxygen atoms in total. The summed E-state index contributed by atoms with van der Waals surface area (Å²) in [6.45, 7) is 6.49. The number of likely N-dealkylation sites (tertiary alicyclic amines) is 1. The van der Waals surface area contributed by atoms with Crippen molar-refractivity contribution in [3.8, 4) is 0 Å². The molecular formula is C14H22N2O. The van der Waals surface area contributed by atoms with E-state index in [1.54, 1.807) is 0 Å². The van der Waals surface area contributed by atoms with Gasteiger partial charge in [-0.2, -0.15) is 0 Å². The second-order valence-electron chi connectivity index (χ2n) is 4.82. The second kappa shape index (κ2) is 6.01. The van der Waals surface area contributed by atoms with Crippen LogP contribution in [0, 0.1) is 0 Å². The van der Waals surface area contributed by atoms with E-state index in [0.29, 0.717) is 6.42 Å². The van der Waals surface area contributed by atoms with Crippen LogP contribution in [0.4, 0.5) is 0 Å². The Hall–Kier alpha value is -1.09. The summed E-state index contributed by atoms with van der Waals surface area (Å²) in [4.78, 5) is 14.0. The van der Waals surface area contributed by atoms with Crippen LogP contribution in [-0.2, 0) is 6.54 Å². The molecule has 0 bridgehead atoms. The van der Waals surface area contributed by atoms with Gasteiger partial charge in [-0.1, -0.05) is 13.3 Å². The van der Waals surface area contributed by atoms with Gasteiger partial charge in [0, 0.05) is 37.5 Å². The molecule has 0 amide bonds. The van der Waals surface area contributed by atoms with E-state index in [-0.39, 0.29) is 5.78 Å². The average molecular weight is 234 g/mol. The molecule has 94 valence electrons. The van der Waals surface area contributed by atoms with Gasteiger partial charge in [-0.25, -0.2) is 0 Å². The molecule has 0 unspecified atom stereocenters. The highest BCUT2D eigenvalue weighted by Gasteiger charge is 2.10. The Balaban J connectivity index is 1.82. The quantitative estimate of drug-likeness (QED) is 0.732. The van der Waals surface area contributed by atoms with Gasteiger partial charge in [0.15, 0.2) is 5.78 Å². The van der Waals surface area contributed by atoms with Crippen LogP contribution >= 0.6 is 0 Å².